The quantitative estimate of drug-likeness (QED) is 0.279. The van der Waals surface area contributed by atoms with Crippen LogP contribution in [0, 0.1) is 0 Å². The number of esters is 1. The maximum atomic E-state index is 12.6. The van der Waals surface area contributed by atoms with Gasteiger partial charge in [0.05, 0.1) is 12.2 Å². The Morgan fingerprint density at radius 2 is 1.38 bits per heavy atom. The van der Waals surface area contributed by atoms with Gasteiger partial charge in [0.15, 0.2) is 0 Å². The van der Waals surface area contributed by atoms with Crippen LogP contribution in [0.4, 0.5) is 0 Å². The van der Waals surface area contributed by atoms with Crippen molar-refractivity contribution in [3.05, 3.63) is 113 Å². The Labute approximate surface area is 193 Å². The van der Waals surface area contributed by atoms with Gasteiger partial charge in [0, 0.05) is 10.6 Å². The summed E-state index contributed by atoms with van der Waals surface area (Å²) in [5, 5.41) is 0.598. The van der Waals surface area contributed by atoms with Gasteiger partial charge >= 0.3 is 5.97 Å². The number of carbonyl (C=O) groups is 1. The third-order valence-electron chi connectivity index (χ3n) is 5.11. The summed E-state index contributed by atoms with van der Waals surface area (Å²) in [4.78, 5) is 12.6. The molecule has 4 aromatic rings. The Bertz CT molecular complexity index is 1220. The number of carbonyl (C=O) groups excluding carboxylic acids is 1. The third kappa shape index (κ3) is 4.84. The minimum Gasteiger partial charge on any atom is -0.488 e. The maximum absolute atomic E-state index is 12.6. The first-order chi connectivity index (χ1) is 15.7. The lowest BCUT2D eigenvalue weighted by Gasteiger charge is -2.17. The second-order valence-corrected chi connectivity index (χ2v) is 7.66. The Balaban J connectivity index is 1.78. The van der Waals surface area contributed by atoms with E-state index in [1.54, 1.807) is 13.0 Å². The van der Waals surface area contributed by atoms with Crippen LogP contribution in [0.1, 0.15) is 22.8 Å². The predicted molar refractivity (Wildman–Crippen MR) is 129 cm³/mol. The van der Waals surface area contributed by atoms with Crippen LogP contribution in [0.2, 0.25) is 5.02 Å². The molecule has 0 radical (unpaired) electrons. The number of rotatable bonds is 7. The van der Waals surface area contributed by atoms with Gasteiger partial charge in [0.1, 0.15) is 12.4 Å². The van der Waals surface area contributed by atoms with Crippen LogP contribution in [0.3, 0.4) is 0 Å². The first kappa shape index (κ1) is 21.7. The summed E-state index contributed by atoms with van der Waals surface area (Å²) >= 11 is 6.30. The van der Waals surface area contributed by atoms with E-state index in [0.29, 0.717) is 29.5 Å². The molecule has 4 rings (SSSR count). The largest absolute Gasteiger partial charge is 0.488 e. The number of halogens is 1. The van der Waals surface area contributed by atoms with Crippen molar-refractivity contribution in [2.45, 2.75) is 13.5 Å². The number of ether oxygens (including phenoxy) is 2. The molecule has 0 bridgehead atoms. The molecule has 160 valence electrons. The average molecular weight is 443 g/mol. The van der Waals surface area contributed by atoms with Crippen molar-refractivity contribution in [3.63, 3.8) is 0 Å². The van der Waals surface area contributed by atoms with Crippen molar-refractivity contribution in [2.75, 3.05) is 6.61 Å². The molecule has 0 fully saturated rings. The van der Waals surface area contributed by atoms with Crippen LogP contribution in [0.25, 0.3) is 22.3 Å². The van der Waals surface area contributed by atoms with Crippen LogP contribution < -0.4 is 4.74 Å². The molecule has 0 unspecified atom stereocenters. The molecule has 4 aromatic carbocycles. The molecule has 0 saturated heterocycles. The van der Waals surface area contributed by atoms with E-state index in [1.807, 2.05) is 91.0 Å². The number of hydrogen-bond acceptors (Lipinski definition) is 3. The highest BCUT2D eigenvalue weighted by Crippen LogP contribution is 2.40. The minimum atomic E-state index is -0.338. The fourth-order valence-corrected chi connectivity index (χ4v) is 3.79. The Morgan fingerprint density at radius 1 is 0.750 bits per heavy atom. The Hall–Kier alpha value is -3.56. The molecule has 0 atom stereocenters. The molecule has 32 heavy (non-hydrogen) atoms. The van der Waals surface area contributed by atoms with Crippen LogP contribution in [0.15, 0.2) is 97.1 Å². The molecule has 3 nitrogen and oxygen atoms in total. The summed E-state index contributed by atoms with van der Waals surface area (Å²) in [5.74, 6) is 0.344. The van der Waals surface area contributed by atoms with Crippen molar-refractivity contribution in [1.82, 2.24) is 0 Å². The first-order valence-electron chi connectivity index (χ1n) is 10.5. The summed E-state index contributed by atoms with van der Waals surface area (Å²) in [6.07, 6.45) is 0. The van der Waals surface area contributed by atoms with Gasteiger partial charge in [-0.15, -0.1) is 0 Å². The summed E-state index contributed by atoms with van der Waals surface area (Å²) in [6, 6.07) is 31.1. The van der Waals surface area contributed by atoms with Crippen LogP contribution in [0.5, 0.6) is 5.75 Å². The normalized spacial score (nSPS) is 10.6. The Morgan fingerprint density at radius 3 is 2.09 bits per heavy atom. The highest BCUT2D eigenvalue weighted by molar-refractivity contribution is 6.30. The molecule has 0 spiro atoms. The topological polar surface area (TPSA) is 35.5 Å². The van der Waals surface area contributed by atoms with Crippen molar-refractivity contribution < 1.29 is 14.3 Å². The molecule has 0 heterocycles. The molecular formula is C28H23ClO3. The molecule has 0 aliphatic heterocycles. The van der Waals surface area contributed by atoms with E-state index in [2.05, 4.69) is 0 Å². The van der Waals surface area contributed by atoms with E-state index in [-0.39, 0.29) is 5.97 Å². The smallest absolute Gasteiger partial charge is 0.338 e. The monoisotopic (exact) mass is 442 g/mol. The summed E-state index contributed by atoms with van der Waals surface area (Å²) in [7, 11) is 0. The first-order valence-corrected chi connectivity index (χ1v) is 10.9. The zero-order chi connectivity index (χ0) is 22.3. The van der Waals surface area contributed by atoms with E-state index in [1.165, 1.54) is 0 Å². The third-order valence-corrected chi connectivity index (χ3v) is 5.35. The van der Waals surface area contributed by atoms with Gasteiger partial charge in [-0.3, -0.25) is 0 Å². The van der Waals surface area contributed by atoms with Crippen LogP contribution in [-0.4, -0.2) is 12.6 Å². The standard InChI is InChI=1S/C28H23ClO3/c1-2-31-28(30)26-15-9-8-14-24(26)22-12-6-7-13-23(22)25-17-16-21(29)18-27(25)32-19-20-10-4-3-5-11-20/h3-18H,2,19H2,1H3. The highest BCUT2D eigenvalue weighted by Gasteiger charge is 2.18. The lowest BCUT2D eigenvalue weighted by Crippen LogP contribution is -2.06. The molecule has 0 aliphatic carbocycles. The SMILES string of the molecule is CCOC(=O)c1ccccc1-c1ccccc1-c1ccc(Cl)cc1OCc1ccccc1. The van der Waals surface area contributed by atoms with Crippen molar-refractivity contribution in [2.24, 2.45) is 0 Å². The van der Waals surface area contributed by atoms with Crippen molar-refractivity contribution in [3.8, 4) is 28.0 Å². The minimum absolute atomic E-state index is 0.323. The van der Waals surface area contributed by atoms with Gasteiger partial charge in [-0.2, -0.15) is 0 Å². The summed E-state index contributed by atoms with van der Waals surface area (Å²) < 4.78 is 11.5. The highest BCUT2D eigenvalue weighted by atomic mass is 35.5. The number of hydrogen-bond donors (Lipinski definition) is 0. The van der Waals surface area contributed by atoms with E-state index in [9.17, 15) is 4.79 Å². The summed E-state index contributed by atoms with van der Waals surface area (Å²) in [6.45, 7) is 2.55. The van der Waals surface area contributed by atoms with Gasteiger partial charge in [-0.05, 0) is 53.4 Å². The molecular weight excluding hydrogens is 420 g/mol. The second kappa shape index (κ2) is 10.2. The fraction of sp³-hybridized carbons (Fsp3) is 0.107. The molecule has 4 heteroatoms. The van der Waals surface area contributed by atoms with Gasteiger partial charge in [0.25, 0.3) is 0 Å². The fourth-order valence-electron chi connectivity index (χ4n) is 3.63. The van der Waals surface area contributed by atoms with E-state index >= 15 is 0 Å². The lowest BCUT2D eigenvalue weighted by atomic mass is 9.91. The van der Waals surface area contributed by atoms with Crippen molar-refractivity contribution in [1.29, 1.82) is 0 Å². The molecule has 0 N–H and O–H groups in total. The van der Waals surface area contributed by atoms with Gasteiger partial charge in [-0.1, -0.05) is 84.4 Å². The van der Waals surface area contributed by atoms with E-state index in [0.717, 1.165) is 27.8 Å². The molecule has 0 saturated carbocycles. The van der Waals surface area contributed by atoms with Gasteiger partial charge in [-0.25, -0.2) is 4.79 Å². The lowest BCUT2D eigenvalue weighted by molar-refractivity contribution is 0.0527. The van der Waals surface area contributed by atoms with E-state index in [4.69, 9.17) is 21.1 Å². The van der Waals surface area contributed by atoms with Crippen LogP contribution >= 0.6 is 11.6 Å². The molecule has 0 aliphatic rings. The molecule has 0 aromatic heterocycles. The number of benzene rings is 4. The van der Waals surface area contributed by atoms with Crippen molar-refractivity contribution >= 4 is 17.6 Å². The zero-order valence-corrected chi connectivity index (χ0v) is 18.5. The predicted octanol–water partition coefficient (Wildman–Crippen LogP) is 7.43. The molecule has 0 amide bonds. The van der Waals surface area contributed by atoms with Crippen LogP contribution in [-0.2, 0) is 11.3 Å². The maximum Gasteiger partial charge on any atom is 0.338 e. The van der Waals surface area contributed by atoms with Gasteiger partial charge < -0.3 is 9.47 Å². The summed E-state index contributed by atoms with van der Waals surface area (Å²) in [5.41, 5.74) is 5.18. The van der Waals surface area contributed by atoms with E-state index < -0.39 is 0 Å². The Kier molecular flexibility index (Phi) is 6.88. The zero-order valence-electron chi connectivity index (χ0n) is 17.8. The second-order valence-electron chi connectivity index (χ2n) is 7.23. The average Bonchev–Trinajstić information content (AvgIpc) is 2.84. The van der Waals surface area contributed by atoms with Gasteiger partial charge in [0.2, 0.25) is 0 Å².